The molecule has 4 amide bonds. The third-order valence-corrected chi connectivity index (χ3v) is 11.1. The molecule has 1 aromatic rings. The van der Waals surface area contributed by atoms with Gasteiger partial charge >= 0.3 is 18.2 Å². The summed E-state index contributed by atoms with van der Waals surface area (Å²) in [6, 6.07) is 3.41. The van der Waals surface area contributed by atoms with Crippen LogP contribution in [0.5, 0.6) is 5.75 Å². The number of rotatable bonds is 6. The largest absolute Gasteiger partial charge is 0.497 e. The van der Waals surface area contributed by atoms with Crippen LogP contribution in [0, 0.1) is 5.92 Å². The second kappa shape index (κ2) is 16.6. The van der Waals surface area contributed by atoms with Crippen LogP contribution in [0.25, 0.3) is 0 Å². The number of nitrogens with zero attached hydrogens (tertiary/aromatic N) is 3. The second-order valence-corrected chi connectivity index (χ2v) is 16.0. The molecule has 54 heavy (non-hydrogen) atoms. The second-order valence-electron chi connectivity index (χ2n) is 16.0. The Morgan fingerprint density at radius 1 is 1.09 bits per heavy atom. The SMILES string of the molecule is COc1ccc2c(c1)CCN(C(=O)O[C@@H]1C[C@H]3C(=O)N[C@]4(C(=O)O)C[C@H]4C=CCCCCC[C@H](NC(=O)OC(C)(C)C)C(=O)N3C1)C2CN1CCOCC1. The van der Waals surface area contributed by atoms with Crippen LogP contribution in [-0.2, 0) is 35.0 Å². The molecule has 15 heteroatoms. The van der Waals surface area contributed by atoms with Crippen molar-refractivity contribution in [1.82, 2.24) is 25.3 Å². The lowest BCUT2D eigenvalue weighted by molar-refractivity contribution is -0.145. The summed E-state index contributed by atoms with van der Waals surface area (Å²) < 4.78 is 22.7. The number of aliphatic carboxylic acids is 1. The fourth-order valence-corrected chi connectivity index (χ4v) is 8.07. The molecule has 2 saturated heterocycles. The first-order valence-electron chi connectivity index (χ1n) is 19.2. The van der Waals surface area contributed by atoms with Crippen LogP contribution in [0.4, 0.5) is 9.59 Å². The smallest absolute Gasteiger partial charge is 0.410 e. The number of morpholine rings is 1. The van der Waals surface area contributed by atoms with E-state index in [1.807, 2.05) is 30.4 Å². The zero-order valence-corrected chi connectivity index (χ0v) is 31.8. The van der Waals surface area contributed by atoms with Crippen molar-refractivity contribution in [1.29, 1.82) is 0 Å². The minimum absolute atomic E-state index is 0.0333. The summed E-state index contributed by atoms with van der Waals surface area (Å²) in [6.45, 7) is 8.71. The topological polar surface area (TPSA) is 176 Å². The molecule has 0 spiro atoms. The Labute approximate surface area is 316 Å². The van der Waals surface area contributed by atoms with Crippen molar-refractivity contribution in [3.05, 3.63) is 41.5 Å². The number of hydrogen-bond acceptors (Lipinski definition) is 10. The van der Waals surface area contributed by atoms with E-state index < -0.39 is 59.3 Å². The van der Waals surface area contributed by atoms with Crippen molar-refractivity contribution in [2.45, 2.75) is 108 Å². The van der Waals surface area contributed by atoms with Crippen LogP contribution in [-0.4, -0.2) is 132 Å². The van der Waals surface area contributed by atoms with Crippen molar-refractivity contribution in [3.63, 3.8) is 0 Å². The predicted octanol–water partition coefficient (Wildman–Crippen LogP) is 3.41. The van der Waals surface area contributed by atoms with Crippen LogP contribution >= 0.6 is 0 Å². The molecule has 6 atom stereocenters. The molecular formula is C39H55N5O10. The van der Waals surface area contributed by atoms with E-state index in [0.717, 1.165) is 49.2 Å². The number of fused-ring (bicyclic) bond motifs is 3. The fraction of sp³-hybridized carbons (Fsp3) is 0.667. The number of carbonyl (C=O) groups excluding carboxylic acids is 4. The fourth-order valence-electron chi connectivity index (χ4n) is 8.07. The maximum atomic E-state index is 14.4. The lowest BCUT2D eigenvalue weighted by Gasteiger charge is -2.40. The summed E-state index contributed by atoms with van der Waals surface area (Å²) in [4.78, 5) is 73.4. The van der Waals surface area contributed by atoms with Gasteiger partial charge in [0.1, 0.15) is 35.1 Å². The molecule has 15 nitrogen and oxygen atoms in total. The Morgan fingerprint density at radius 2 is 1.87 bits per heavy atom. The van der Waals surface area contributed by atoms with Gasteiger partial charge in [0.05, 0.1) is 32.9 Å². The molecule has 1 aromatic carbocycles. The predicted molar refractivity (Wildman–Crippen MR) is 196 cm³/mol. The van der Waals surface area contributed by atoms with Gasteiger partial charge in [-0.15, -0.1) is 0 Å². The van der Waals surface area contributed by atoms with Gasteiger partial charge in [-0.05, 0) is 76.1 Å². The van der Waals surface area contributed by atoms with Gasteiger partial charge in [0, 0.05) is 38.5 Å². The summed E-state index contributed by atoms with van der Waals surface area (Å²) in [5, 5.41) is 15.7. The van der Waals surface area contributed by atoms with E-state index in [1.54, 1.807) is 32.8 Å². The molecule has 6 rings (SSSR count). The minimum Gasteiger partial charge on any atom is -0.497 e. The number of alkyl carbamates (subject to hydrolysis) is 1. The number of hydrogen-bond donors (Lipinski definition) is 3. The molecule has 1 aliphatic carbocycles. The lowest BCUT2D eigenvalue weighted by atomic mass is 9.92. The molecular weight excluding hydrogens is 698 g/mol. The van der Waals surface area contributed by atoms with E-state index in [0.29, 0.717) is 45.6 Å². The summed E-state index contributed by atoms with van der Waals surface area (Å²) in [5.41, 5.74) is -0.194. The quantitative estimate of drug-likeness (QED) is 0.363. The van der Waals surface area contributed by atoms with Gasteiger partial charge in [-0.25, -0.2) is 14.4 Å². The van der Waals surface area contributed by atoms with E-state index >= 15 is 0 Å². The number of carbonyl (C=O) groups is 5. The molecule has 5 aliphatic rings. The van der Waals surface area contributed by atoms with Crippen molar-refractivity contribution >= 4 is 30.0 Å². The Balaban J connectivity index is 1.25. The van der Waals surface area contributed by atoms with Crippen LogP contribution in [0.1, 0.15) is 82.9 Å². The molecule has 296 valence electrons. The number of carboxylic acids is 1. The highest BCUT2D eigenvalue weighted by Crippen LogP contribution is 2.45. The molecule has 0 bridgehead atoms. The van der Waals surface area contributed by atoms with Crippen molar-refractivity contribution in [2.75, 3.05) is 53.0 Å². The Kier molecular flexibility index (Phi) is 12.1. The number of carboxylic acid groups (broad SMARTS) is 1. The summed E-state index contributed by atoms with van der Waals surface area (Å²) in [6.07, 6.45) is 5.65. The monoisotopic (exact) mass is 753 g/mol. The standard InChI is InChI=1S/C39H55N5O10/c1-38(2,3)54-36(49)40-30-11-9-7-5-6-8-10-26-22-39(26,35(47)48)41-33(45)31-21-28(23-44(31)34(30)46)53-37(50)43-15-14-25-20-27(51-4)12-13-29(25)32(43)24-42-16-18-52-19-17-42/h8,10,12-13,20,26,28,30-32H,5-7,9,11,14-19,21-24H2,1-4H3,(H,40,49)(H,41,45)(H,47,48)/t26-,28-,30+,31+,32?,39-/m1/s1. The van der Waals surface area contributed by atoms with Gasteiger partial charge in [-0.3, -0.25) is 19.4 Å². The highest BCUT2D eigenvalue weighted by molar-refractivity contribution is 5.96. The van der Waals surface area contributed by atoms with Crippen molar-refractivity contribution in [3.8, 4) is 5.75 Å². The summed E-state index contributed by atoms with van der Waals surface area (Å²) in [7, 11) is 1.62. The molecule has 3 N–H and O–H groups in total. The molecule has 4 aliphatic heterocycles. The maximum absolute atomic E-state index is 14.4. The van der Waals surface area contributed by atoms with Crippen LogP contribution in [0.3, 0.4) is 0 Å². The Hall–Kier alpha value is -4.37. The van der Waals surface area contributed by atoms with E-state index in [9.17, 15) is 29.1 Å². The zero-order valence-electron chi connectivity index (χ0n) is 31.8. The number of amides is 4. The van der Waals surface area contributed by atoms with Gasteiger partial charge in [0.15, 0.2) is 0 Å². The van der Waals surface area contributed by atoms with E-state index in [-0.39, 0.29) is 31.3 Å². The number of benzene rings is 1. The average molecular weight is 754 g/mol. The van der Waals surface area contributed by atoms with E-state index in [2.05, 4.69) is 15.5 Å². The maximum Gasteiger partial charge on any atom is 0.410 e. The molecule has 1 saturated carbocycles. The molecule has 3 fully saturated rings. The van der Waals surface area contributed by atoms with Crippen LogP contribution in [0.2, 0.25) is 0 Å². The minimum atomic E-state index is -1.48. The van der Waals surface area contributed by atoms with Gasteiger partial charge in [0.25, 0.3) is 0 Å². The molecule has 4 heterocycles. The lowest BCUT2D eigenvalue weighted by Crippen LogP contribution is -2.56. The first kappa shape index (κ1) is 39.3. The Bertz CT molecular complexity index is 1610. The highest BCUT2D eigenvalue weighted by Gasteiger charge is 2.61. The Morgan fingerprint density at radius 3 is 2.59 bits per heavy atom. The molecule has 0 aromatic heterocycles. The number of nitrogens with one attached hydrogen (secondary N) is 2. The highest BCUT2D eigenvalue weighted by atomic mass is 16.6. The zero-order chi connectivity index (χ0) is 38.6. The number of allylic oxidation sites excluding steroid dienone is 1. The van der Waals surface area contributed by atoms with Crippen LogP contribution in [0.15, 0.2) is 30.4 Å². The van der Waals surface area contributed by atoms with Crippen molar-refractivity contribution < 1.29 is 48.0 Å². The van der Waals surface area contributed by atoms with E-state index in [4.69, 9.17) is 18.9 Å². The first-order chi connectivity index (χ1) is 25.8. The average Bonchev–Trinajstić information content (AvgIpc) is 3.67. The number of ether oxygens (including phenoxy) is 4. The van der Waals surface area contributed by atoms with E-state index in [1.165, 1.54) is 4.90 Å². The summed E-state index contributed by atoms with van der Waals surface area (Å²) in [5.74, 6) is -1.94. The van der Waals surface area contributed by atoms with Gasteiger partial charge in [0.2, 0.25) is 11.8 Å². The van der Waals surface area contributed by atoms with Gasteiger partial charge in [-0.2, -0.15) is 0 Å². The van der Waals surface area contributed by atoms with Gasteiger partial charge < -0.3 is 39.6 Å². The summed E-state index contributed by atoms with van der Waals surface area (Å²) >= 11 is 0. The molecule has 0 radical (unpaired) electrons. The normalized spacial score (nSPS) is 29.4. The number of methoxy groups -OCH3 is 1. The van der Waals surface area contributed by atoms with Gasteiger partial charge in [-0.1, -0.05) is 31.1 Å². The van der Waals surface area contributed by atoms with Crippen molar-refractivity contribution in [2.24, 2.45) is 5.92 Å². The first-order valence-corrected chi connectivity index (χ1v) is 19.2. The third-order valence-electron chi connectivity index (χ3n) is 11.1. The van der Waals surface area contributed by atoms with Crippen LogP contribution < -0.4 is 15.4 Å². The third kappa shape index (κ3) is 9.11. The molecule has 1 unspecified atom stereocenters.